The van der Waals surface area contributed by atoms with Gasteiger partial charge in [0.2, 0.25) is 0 Å². The number of rotatable bonds is 4. The van der Waals surface area contributed by atoms with Crippen LogP contribution in [-0.2, 0) is 0 Å². The van der Waals surface area contributed by atoms with Gasteiger partial charge in [-0.3, -0.25) is 0 Å². The Morgan fingerprint density at radius 1 is 0.311 bits per heavy atom. The van der Waals surface area contributed by atoms with Crippen LogP contribution < -0.4 is 0 Å². The Labute approximate surface area is 262 Å². The minimum Gasteiger partial charge on any atom is -0.309 e. The molecule has 0 aliphatic rings. The van der Waals surface area contributed by atoms with Crippen molar-refractivity contribution in [1.82, 2.24) is 9.13 Å². The summed E-state index contributed by atoms with van der Waals surface area (Å²) in [6.45, 7) is 2.13. The normalized spacial score (nSPS) is 11.7. The zero-order valence-electron chi connectivity index (χ0n) is 25.0. The lowest BCUT2D eigenvalue weighted by atomic mass is 10.0. The number of hydrogen-bond donors (Lipinski definition) is 0. The summed E-state index contributed by atoms with van der Waals surface area (Å²) >= 11 is 0. The van der Waals surface area contributed by atoms with Crippen molar-refractivity contribution in [2.24, 2.45) is 0 Å². The maximum atomic E-state index is 2.39. The molecule has 2 aromatic heterocycles. The lowest BCUT2D eigenvalue weighted by molar-refractivity contribution is 1.18. The van der Waals surface area contributed by atoms with Crippen LogP contribution in [0.3, 0.4) is 0 Å². The van der Waals surface area contributed by atoms with Gasteiger partial charge in [-0.05, 0) is 89.8 Å². The van der Waals surface area contributed by atoms with Crippen LogP contribution in [0.25, 0.3) is 77.2 Å². The topological polar surface area (TPSA) is 9.86 Å². The van der Waals surface area contributed by atoms with Crippen molar-refractivity contribution in [3.8, 4) is 33.6 Å². The third-order valence-corrected chi connectivity index (χ3v) is 9.20. The Morgan fingerprint density at radius 3 is 1.24 bits per heavy atom. The average Bonchev–Trinajstić information content (AvgIpc) is 3.61. The van der Waals surface area contributed by atoms with E-state index in [2.05, 4.69) is 180 Å². The summed E-state index contributed by atoms with van der Waals surface area (Å²) in [5.74, 6) is 0. The minimum atomic E-state index is 1.17. The Hall–Kier alpha value is -5.86. The lowest BCUT2D eigenvalue weighted by Gasteiger charge is -2.10. The highest BCUT2D eigenvalue weighted by atomic mass is 15.0. The molecule has 0 N–H and O–H groups in total. The van der Waals surface area contributed by atoms with Crippen LogP contribution in [0.4, 0.5) is 0 Å². The Bertz CT molecular complexity index is 2510. The van der Waals surface area contributed by atoms with E-state index in [-0.39, 0.29) is 0 Å². The van der Waals surface area contributed by atoms with Crippen molar-refractivity contribution >= 4 is 43.6 Å². The third kappa shape index (κ3) is 4.11. The second-order valence-electron chi connectivity index (χ2n) is 11.9. The van der Waals surface area contributed by atoms with E-state index < -0.39 is 0 Å². The second-order valence-corrected chi connectivity index (χ2v) is 11.9. The smallest absolute Gasteiger partial charge is 0.0541 e. The van der Waals surface area contributed by atoms with Crippen LogP contribution in [0.5, 0.6) is 0 Å². The first kappa shape index (κ1) is 25.6. The van der Waals surface area contributed by atoms with Crippen molar-refractivity contribution in [3.63, 3.8) is 0 Å². The quantitative estimate of drug-likeness (QED) is 0.198. The number of benzene rings is 7. The monoisotopic (exact) mass is 574 g/mol. The highest BCUT2D eigenvalue weighted by Gasteiger charge is 2.16. The van der Waals surface area contributed by atoms with Crippen LogP contribution in [-0.4, -0.2) is 9.13 Å². The van der Waals surface area contributed by atoms with Gasteiger partial charge in [-0.2, -0.15) is 0 Å². The summed E-state index contributed by atoms with van der Waals surface area (Å²) in [4.78, 5) is 0. The van der Waals surface area contributed by atoms with E-state index in [0.717, 1.165) is 0 Å². The molecule has 2 nitrogen and oxygen atoms in total. The standard InChI is InChI=1S/C43H30N2/c1-29-15-17-30(18-16-29)31-19-23-35(24-20-31)45-41-14-8-6-12-37(41)39-28-33(22-26-43(39)45)32-21-25-42-38(27-32)36-11-5-7-13-40(36)44(42)34-9-3-2-4-10-34/h2-28H,1H3. The molecule has 2 heterocycles. The fourth-order valence-electron chi connectivity index (χ4n) is 6.99. The van der Waals surface area contributed by atoms with Crippen LogP contribution in [0.15, 0.2) is 164 Å². The molecule has 0 spiro atoms. The van der Waals surface area contributed by atoms with E-state index >= 15 is 0 Å². The molecule has 9 rings (SSSR count). The van der Waals surface area contributed by atoms with E-state index in [4.69, 9.17) is 0 Å². The average molecular weight is 575 g/mol. The Morgan fingerprint density at radius 2 is 0.711 bits per heavy atom. The zero-order valence-corrected chi connectivity index (χ0v) is 25.0. The fraction of sp³-hybridized carbons (Fsp3) is 0.0233. The third-order valence-electron chi connectivity index (χ3n) is 9.20. The number of aromatic nitrogens is 2. The van der Waals surface area contributed by atoms with Crippen molar-refractivity contribution in [3.05, 3.63) is 169 Å². The van der Waals surface area contributed by atoms with Crippen molar-refractivity contribution < 1.29 is 0 Å². The van der Waals surface area contributed by atoms with Gasteiger partial charge in [-0.25, -0.2) is 0 Å². The van der Waals surface area contributed by atoms with Crippen LogP contribution in [0, 0.1) is 6.92 Å². The van der Waals surface area contributed by atoms with E-state index in [1.807, 2.05) is 0 Å². The molecule has 0 aliphatic carbocycles. The molecule has 212 valence electrons. The Balaban J connectivity index is 1.19. The molecule has 0 unspecified atom stereocenters. The molecule has 0 amide bonds. The van der Waals surface area contributed by atoms with Crippen molar-refractivity contribution in [1.29, 1.82) is 0 Å². The summed E-state index contributed by atoms with van der Waals surface area (Å²) in [6.07, 6.45) is 0. The maximum Gasteiger partial charge on any atom is 0.0541 e. The van der Waals surface area contributed by atoms with Gasteiger partial charge in [0, 0.05) is 32.9 Å². The molecule has 0 aliphatic heterocycles. The second kappa shape index (κ2) is 10.1. The predicted octanol–water partition coefficient (Wildman–Crippen LogP) is 11.5. The zero-order chi connectivity index (χ0) is 29.9. The summed E-state index contributed by atoms with van der Waals surface area (Å²) in [7, 11) is 0. The van der Waals surface area contributed by atoms with Gasteiger partial charge in [0.05, 0.1) is 22.1 Å². The summed E-state index contributed by atoms with van der Waals surface area (Å²) in [5, 5.41) is 5.06. The lowest BCUT2D eigenvalue weighted by Crippen LogP contribution is -1.94. The first-order valence-electron chi connectivity index (χ1n) is 15.5. The number of hydrogen-bond acceptors (Lipinski definition) is 0. The SMILES string of the molecule is Cc1ccc(-c2ccc(-n3c4ccccc4c4cc(-c5ccc6c(c5)c5ccccc5n6-c5ccccc5)ccc43)cc2)cc1. The van der Waals surface area contributed by atoms with Gasteiger partial charge >= 0.3 is 0 Å². The van der Waals surface area contributed by atoms with Gasteiger partial charge in [0.15, 0.2) is 0 Å². The molecule has 2 heteroatoms. The van der Waals surface area contributed by atoms with E-state index in [1.54, 1.807) is 0 Å². The number of aryl methyl sites for hydroxylation is 1. The van der Waals surface area contributed by atoms with Gasteiger partial charge < -0.3 is 9.13 Å². The molecule has 0 fully saturated rings. The van der Waals surface area contributed by atoms with Gasteiger partial charge in [-0.1, -0.05) is 109 Å². The molecule has 7 aromatic carbocycles. The van der Waals surface area contributed by atoms with Crippen LogP contribution in [0.1, 0.15) is 5.56 Å². The molecule has 0 bridgehead atoms. The van der Waals surface area contributed by atoms with Gasteiger partial charge in [0.25, 0.3) is 0 Å². The molecule has 0 saturated heterocycles. The maximum absolute atomic E-state index is 2.39. The first-order valence-corrected chi connectivity index (χ1v) is 15.5. The molecule has 0 atom stereocenters. The van der Waals surface area contributed by atoms with Crippen molar-refractivity contribution in [2.75, 3.05) is 0 Å². The summed E-state index contributed by atoms with van der Waals surface area (Å²) in [5.41, 5.74) is 13.4. The van der Waals surface area contributed by atoms with E-state index in [9.17, 15) is 0 Å². The molecular weight excluding hydrogens is 544 g/mol. The van der Waals surface area contributed by atoms with E-state index in [0.29, 0.717) is 0 Å². The Kier molecular flexibility index (Phi) is 5.76. The molecule has 0 radical (unpaired) electrons. The molecule has 45 heavy (non-hydrogen) atoms. The molecule has 9 aromatic rings. The number of fused-ring (bicyclic) bond motifs is 6. The molecule has 0 saturated carbocycles. The van der Waals surface area contributed by atoms with E-state index in [1.165, 1.54) is 82.8 Å². The number of nitrogens with zero attached hydrogens (tertiary/aromatic N) is 2. The summed E-state index contributed by atoms with van der Waals surface area (Å²) in [6, 6.07) is 59.6. The highest BCUT2D eigenvalue weighted by molar-refractivity contribution is 6.12. The fourth-order valence-corrected chi connectivity index (χ4v) is 6.99. The van der Waals surface area contributed by atoms with Crippen LogP contribution in [0.2, 0.25) is 0 Å². The minimum absolute atomic E-state index is 1.17. The highest BCUT2D eigenvalue weighted by Crippen LogP contribution is 2.38. The number of para-hydroxylation sites is 3. The first-order chi connectivity index (χ1) is 22.2. The van der Waals surface area contributed by atoms with Gasteiger partial charge in [0.1, 0.15) is 0 Å². The van der Waals surface area contributed by atoms with Gasteiger partial charge in [-0.15, -0.1) is 0 Å². The van der Waals surface area contributed by atoms with Crippen molar-refractivity contribution in [2.45, 2.75) is 6.92 Å². The summed E-state index contributed by atoms with van der Waals surface area (Å²) < 4.78 is 4.76. The predicted molar refractivity (Wildman–Crippen MR) is 191 cm³/mol. The molecular formula is C43H30N2. The largest absolute Gasteiger partial charge is 0.309 e. The van der Waals surface area contributed by atoms with Crippen LogP contribution >= 0.6 is 0 Å².